The molecule has 1 N–H and O–H groups in total. The van der Waals surface area contributed by atoms with Gasteiger partial charge in [-0.1, -0.05) is 43.7 Å². The van der Waals surface area contributed by atoms with E-state index in [1.807, 2.05) is 45.0 Å². The van der Waals surface area contributed by atoms with Crippen LogP contribution in [0.15, 0.2) is 30.3 Å². The van der Waals surface area contributed by atoms with Crippen molar-refractivity contribution in [2.24, 2.45) is 5.92 Å². The molecule has 3 rings (SSSR count). The van der Waals surface area contributed by atoms with E-state index in [1.165, 1.54) is 0 Å². The van der Waals surface area contributed by atoms with Gasteiger partial charge in [-0.15, -0.1) is 0 Å². The Morgan fingerprint density at radius 3 is 2.58 bits per heavy atom. The fourth-order valence-corrected chi connectivity index (χ4v) is 4.77. The standard InChI is InChI=1S/C19H25N3O3S/c1-13(2)11-20-19(23)17-10-18(15-6-4-14(3)5-7-15)22(21-17)16-8-9-26(24,25)12-16/h4-7,10,13,16H,8-9,11-12H2,1-3H3,(H,20,23). The number of aromatic nitrogens is 2. The quantitative estimate of drug-likeness (QED) is 0.871. The summed E-state index contributed by atoms with van der Waals surface area (Å²) >= 11 is 0. The second-order valence-corrected chi connectivity index (χ2v) is 9.61. The van der Waals surface area contributed by atoms with Gasteiger partial charge in [0.15, 0.2) is 15.5 Å². The highest BCUT2D eigenvalue weighted by atomic mass is 32.2. The number of nitrogens with zero attached hydrogens (tertiary/aromatic N) is 2. The highest BCUT2D eigenvalue weighted by molar-refractivity contribution is 7.91. The second kappa shape index (κ2) is 7.23. The normalized spacial score (nSPS) is 19.0. The van der Waals surface area contributed by atoms with Gasteiger partial charge in [-0.2, -0.15) is 5.10 Å². The van der Waals surface area contributed by atoms with Crippen LogP contribution < -0.4 is 5.32 Å². The summed E-state index contributed by atoms with van der Waals surface area (Å²) in [5.41, 5.74) is 3.17. The number of carbonyl (C=O) groups is 1. The number of carbonyl (C=O) groups excluding carboxylic acids is 1. The molecule has 7 heteroatoms. The first-order valence-electron chi connectivity index (χ1n) is 8.90. The predicted octanol–water partition coefficient (Wildman–Crippen LogP) is 2.60. The summed E-state index contributed by atoms with van der Waals surface area (Å²) in [5, 5.41) is 7.35. The molecule has 0 spiro atoms. The summed E-state index contributed by atoms with van der Waals surface area (Å²) in [7, 11) is -3.04. The van der Waals surface area contributed by atoms with Gasteiger partial charge in [0.2, 0.25) is 0 Å². The molecule has 26 heavy (non-hydrogen) atoms. The Labute approximate surface area is 154 Å². The molecule has 1 amide bonds. The SMILES string of the molecule is Cc1ccc(-c2cc(C(=O)NCC(C)C)nn2C2CCS(=O)(=O)C2)cc1. The summed E-state index contributed by atoms with van der Waals surface area (Å²) in [6.45, 7) is 6.64. The van der Waals surface area contributed by atoms with Crippen LogP contribution in [0.3, 0.4) is 0 Å². The molecule has 1 fully saturated rings. The minimum atomic E-state index is -3.04. The number of rotatable bonds is 5. The third-order valence-corrected chi connectivity index (χ3v) is 6.29. The summed E-state index contributed by atoms with van der Waals surface area (Å²) in [6.07, 6.45) is 0.524. The molecule has 140 valence electrons. The molecular formula is C19H25N3O3S. The van der Waals surface area contributed by atoms with Crippen LogP contribution in [0.2, 0.25) is 0 Å². The van der Waals surface area contributed by atoms with E-state index in [4.69, 9.17) is 0 Å². The Kier molecular flexibility index (Phi) is 5.18. The maximum Gasteiger partial charge on any atom is 0.271 e. The molecule has 1 aliphatic rings. The van der Waals surface area contributed by atoms with Crippen LogP contribution in [0.4, 0.5) is 0 Å². The number of sulfone groups is 1. The summed E-state index contributed by atoms with van der Waals surface area (Å²) in [6, 6.07) is 9.46. The van der Waals surface area contributed by atoms with Crippen LogP contribution >= 0.6 is 0 Å². The average molecular weight is 375 g/mol. The zero-order valence-corrected chi connectivity index (χ0v) is 16.2. The lowest BCUT2D eigenvalue weighted by atomic mass is 10.1. The summed E-state index contributed by atoms with van der Waals surface area (Å²) < 4.78 is 25.5. The van der Waals surface area contributed by atoms with Gasteiger partial charge in [-0.05, 0) is 30.9 Å². The van der Waals surface area contributed by atoms with Crippen LogP contribution in [0.25, 0.3) is 11.3 Å². The number of amides is 1. The van der Waals surface area contributed by atoms with E-state index in [9.17, 15) is 13.2 Å². The van der Waals surface area contributed by atoms with Crippen molar-refractivity contribution in [3.8, 4) is 11.3 Å². The molecule has 0 saturated carbocycles. The van der Waals surface area contributed by atoms with Gasteiger partial charge < -0.3 is 5.32 Å². The molecule has 1 saturated heterocycles. The monoisotopic (exact) mass is 375 g/mol. The van der Waals surface area contributed by atoms with Gasteiger partial charge in [0, 0.05) is 6.54 Å². The van der Waals surface area contributed by atoms with E-state index < -0.39 is 9.84 Å². The minimum absolute atomic E-state index is 0.0700. The van der Waals surface area contributed by atoms with Crippen molar-refractivity contribution >= 4 is 15.7 Å². The van der Waals surface area contributed by atoms with Gasteiger partial charge in [-0.3, -0.25) is 9.48 Å². The summed E-state index contributed by atoms with van der Waals surface area (Å²) in [4.78, 5) is 12.4. The van der Waals surface area contributed by atoms with Crippen molar-refractivity contribution in [1.82, 2.24) is 15.1 Å². The predicted molar refractivity (Wildman–Crippen MR) is 102 cm³/mol. The number of nitrogens with one attached hydrogen (secondary N) is 1. The Morgan fingerprint density at radius 1 is 1.31 bits per heavy atom. The van der Waals surface area contributed by atoms with Crippen molar-refractivity contribution in [2.45, 2.75) is 33.2 Å². The van der Waals surface area contributed by atoms with Crippen LogP contribution in [0.1, 0.15) is 42.4 Å². The molecule has 1 atom stereocenters. The average Bonchev–Trinajstić information content (AvgIpc) is 3.16. The third-order valence-electron chi connectivity index (χ3n) is 4.54. The lowest BCUT2D eigenvalue weighted by Crippen LogP contribution is -2.28. The number of benzene rings is 1. The maximum atomic E-state index is 12.4. The molecule has 2 heterocycles. The Hall–Kier alpha value is -2.15. The maximum absolute atomic E-state index is 12.4. The first kappa shape index (κ1) is 18.6. The number of aryl methyl sites for hydroxylation is 1. The minimum Gasteiger partial charge on any atom is -0.350 e. The van der Waals surface area contributed by atoms with Crippen molar-refractivity contribution in [3.63, 3.8) is 0 Å². The molecule has 1 aliphatic heterocycles. The molecule has 1 unspecified atom stereocenters. The van der Waals surface area contributed by atoms with Gasteiger partial charge in [0.25, 0.3) is 5.91 Å². The smallest absolute Gasteiger partial charge is 0.271 e. The van der Waals surface area contributed by atoms with Crippen molar-refractivity contribution in [2.75, 3.05) is 18.1 Å². The largest absolute Gasteiger partial charge is 0.350 e. The molecule has 0 radical (unpaired) electrons. The molecular weight excluding hydrogens is 350 g/mol. The highest BCUT2D eigenvalue weighted by Gasteiger charge is 2.32. The zero-order chi connectivity index (χ0) is 18.9. The van der Waals surface area contributed by atoms with E-state index in [1.54, 1.807) is 10.7 Å². The van der Waals surface area contributed by atoms with E-state index in [-0.39, 0.29) is 23.5 Å². The topological polar surface area (TPSA) is 81.1 Å². The fourth-order valence-electron chi connectivity index (χ4n) is 3.08. The van der Waals surface area contributed by atoms with E-state index in [0.717, 1.165) is 16.8 Å². The Morgan fingerprint density at radius 2 is 2.00 bits per heavy atom. The molecule has 2 aromatic rings. The van der Waals surface area contributed by atoms with Crippen LogP contribution in [0.5, 0.6) is 0 Å². The lowest BCUT2D eigenvalue weighted by Gasteiger charge is -2.13. The third kappa shape index (κ3) is 4.15. The lowest BCUT2D eigenvalue weighted by molar-refractivity contribution is 0.0943. The molecule has 0 aliphatic carbocycles. The van der Waals surface area contributed by atoms with Crippen molar-refractivity contribution in [3.05, 3.63) is 41.6 Å². The molecule has 1 aromatic heterocycles. The molecule has 0 bridgehead atoms. The van der Waals surface area contributed by atoms with Gasteiger partial charge in [0.05, 0.1) is 23.2 Å². The zero-order valence-electron chi connectivity index (χ0n) is 15.4. The van der Waals surface area contributed by atoms with E-state index in [2.05, 4.69) is 10.4 Å². The highest BCUT2D eigenvalue weighted by Crippen LogP contribution is 2.30. The van der Waals surface area contributed by atoms with Crippen LogP contribution in [-0.2, 0) is 9.84 Å². The van der Waals surface area contributed by atoms with Crippen molar-refractivity contribution < 1.29 is 13.2 Å². The fraction of sp³-hybridized carbons (Fsp3) is 0.474. The Bertz CT molecular complexity index is 899. The van der Waals surface area contributed by atoms with E-state index in [0.29, 0.717) is 24.6 Å². The number of hydrogen-bond acceptors (Lipinski definition) is 4. The van der Waals surface area contributed by atoms with Crippen LogP contribution in [-0.4, -0.2) is 42.2 Å². The van der Waals surface area contributed by atoms with Crippen molar-refractivity contribution in [1.29, 1.82) is 0 Å². The summed E-state index contributed by atoms with van der Waals surface area (Å²) in [5.74, 6) is 0.351. The van der Waals surface area contributed by atoms with E-state index >= 15 is 0 Å². The number of hydrogen-bond donors (Lipinski definition) is 1. The van der Waals surface area contributed by atoms with Gasteiger partial charge in [-0.25, -0.2) is 8.42 Å². The second-order valence-electron chi connectivity index (χ2n) is 7.39. The van der Waals surface area contributed by atoms with Crippen LogP contribution in [0, 0.1) is 12.8 Å². The van der Waals surface area contributed by atoms with Gasteiger partial charge >= 0.3 is 0 Å². The Balaban J connectivity index is 1.97. The first-order valence-corrected chi connectivity index (χ1v) is 10.7. The first-order chi connectivity index (χ1) is 12.2. The molecule has 6 nitrogen and oxygen atoms in total. The molecule has 1 aromatic carbocycles. The van der Waals surface area contributed by atoms with Gasteiger partial charge in [0.1, 0.15) is 0 Å².